The number of rotatable bonds is 5. The molecule has 0 unspecified atom stereocenters. The lowest BCUT2D eigenvalue weighted by atomic mass is 10.2. The van der Waals surface area contributed by atoms with E-state index in [9.17, 15) is 19.3 Å². The maximum atomic E-state index is 13.0. The van der Waals surface area contributed by atoms with Gasteiger partial charge in [0.2, 0.25) is 0 Å². The molecule has 0 radical (unpaired) electrons. The highest BCUT2D eigenvalue weighted by molar-refractivity contribution is 5.94. The molecule has 0 aliphatic carbocycles. The summed E-state index contributed by atoms with van der Waals surface area (Å²) in [6.45, 7) is -0.248. The van der Waals surface area contributed by atoms with Crippen LogP contribution in [0.15, 0.2) is 34.9 Å². The molecule has 0 aliphatic rings. The van der Waals surface area contributed by atoms with E-state index in [-0.39, 0.29) is 23.7 Å². The van der Waals surface area contributed by atoms with E-state index in [4.69, 9.17) is 15.0 Å². The molecule has 21 heavy (non-hydrogen) atoms. The third kappa shape index (κ3) is 3.15. The number of nitro benzene ring substituents is 1. The van der Waals surface area contributed by atoms with Gasteiger partial charge < -0.3 is 9.15 Å². The largest absolute Gasteiger partial charge is 0.479 e. The number of hydrazine groups is 1. The average molecular weight is 295 g/mol. The molecule has 1 heterocycles. The number of nitrogens with zero attached hydrogens (tertiary/aromatic N) is 1. The first-order chi connectivity index (χ1) is 10.0. The van der Waals surface area contributed by atoms with E-state index >= 15 is 0 Å². The number of amides is 1. The van der Waals surface area contributed by atoms with Crippen LogP contribution in [0.3, 0.4) is 0 Å². The van der Waals surface area contributed by atoms with Gasteiger partial charge >= 0.3 is 5.69 Å². The van der Waals surface area contributed by atoms with E-state index in [1.54, 1.807) is 0 Å². The second-order valence-corrected chi connectivity index (χ2v) is 3.89. The second kappa shape index (κ2) is 6.01. The van der Waals surface area contributed by atoms with Gasteiger partial charge in [-0.05, 0) is 18.2 Å². The number of carbonyl (C=O) groups is 1. The summed E-state index contributed by atoms with van der Waals surface area (Å²) in [5, 5.41) is 10.8. The number of ether oxygens (including phenoxy) is 1. The van der Waals surface area contributed by atoms with Crippen LogP contribution in [0, 0.1) is 15.9 Å². The molecule has 0 atom stereocenters. The predicted molar refractivity (Wildman–Crippen MR) is 67.7 cm³/mol. The number of carbonyl (C=O) groups excluding carboxylic acids is 1. The minimum atomic E-state index is -0.770. The summed E-state index contributed by atoms with van der Waals surface area (Å²) >= 11 is 0. The maximum Gasteiger partial charge on any atom is 0.313 e. The third-order valence-electron chi connectivity index (χ3n) is 2.60. The number of nitrogen functional groups attached to an aromatic ring is 1. The average Bonchev–Trinajstić information content (AvgIpc) is 2.93. The summed E-state index contributed by atoms with van der Waals surface area (Å²) in [6.07, 6.45) is 1.25. The number of furan rings is 1. The van der Waals surface area contributed by atoms with Gasteiger partial charge in [0, 0.05) is 0 Å². The van der Waals surface area contributed by atoms with Crippen LogP contribution in [0.25, 0.3) is 0 Å². The van der Waals surface area contributed by atoms with Gasteiger partial charge in [-0.1, -0.05) is 0 Å². The molecule has 0 aliphatic heterocycles. The standard InChI is InChI=1S/C12H10FN3O5/c13-7-1-2-10(9(5-7)16(18)19)21-6-11-8(3-4-20-11)12(17)15-14/h1-5H,6,14H2,(H,15,17). The molecule has 110 valence electrons. The number of nitrogens with two attached hydrogens (primary N) is 1. The molecule has 9 heteroatoms. The van der Waals surface area contributed by atoms with Crippen LogP contribution in [-0.2, 0) is 6.61 Å². The zero-order valence-electron chi connectivity index (χ0n) is 10.5. The number of hydrogen-bond acceptors (Lipinski definition) is 6. The van der Waals surface area contributed by atoms with Crippen LogP contribution in [0.4, 0.5) is 10.1 Å². The van der Waals surface area contributed by atoms with Crippen molar-refractivity contribution in [1.29, 1.82) is 0 Å². The van der Waals surface area contributed by atoms with Crippen LogP contribution in [0.2, 0.25) is 0 Å². The summed E-state index contributed by atoms with van der Waals surface area (Å²) < 4.78 is 23.2. The van der Waals surface area contributed by atoms with Crippen molar-refractivity contribution in [2.45, 2.75) is 6.61 Å². The summed E-state index contributed by atoms with van der Waals surface area (Å²) in [6, 6.07) is 4.27. The number of hydrogen-bond donors (Lipinski definition) is 2. The lowest BCUT2D eigenvalue weighted by molar-refractivity contribution is -0.386. The first-order valence-corrected chi connectivity index (χ1v) is 5.67. The van der Waals surface area contributed by atoms with Crippen LogP contribution in [-0.4, -0.2) is 10.8 Å². The first kappa shape index (κ1) is 14.5. The molecule has 8 nitrogen and oxygen atoms in total. The molecule has 0 saturated heterocycles. The number of nitro groups is 1. The molecule has 0 bridgehead atoms. The van der Waals surface area contributed by atoms with Crippen molar-refractivity contribution in [1.82, 2.24) is 5.43 Å². The van der Waals surface area contributed by atoms with Gasteiger partial charge in [-0.15, -0.1) is 0 Å². The fourth-order valence-electron chi connectivity index (χ4n) is 1.63. The van der Waals surface area contributed by atoms with Gasteiger partial charge in [-0.2, -0.15) is 0 Å². The van der Waals surface area contributed by atoms with Crippen molar-refractivity contribution in [2.24, 2.45) is 5.84 Å². The zero-order chi connectivity index (χ0) is 15.4. The summed E-state index contributed by atoms with van der Waals surface area (Å²) in [4.78, 5) is 21.5. The smallest absolute Gasteiger partial charge is 0.313 e. The predicted octanol–water partition coefficient (Wildman–Crippen LogP) is 1.51. The number of nitrogens with one attached hydrogen (secondary N) is 1. The minimum absolute atomic E-state index is 0.136. The van der Waals surface area contributed by atoms with Gasteiger partial charge in [0.25, 0.3) is 5.91 Å². The van der Waals surface area contributed by atoms with Gasteiger partial charge in [-0.25, -0.2) is 10.2 Å². The second-order valence-electron chi connectivity index (χ2n) is 3.89. The highest BCUT2D eigenvalue weighted by Crippen LogP contribution is 2.28. The normalized spacial score (nSPS) is 10.2. The summed E-state index contributed by atoms with van der Waals surface area (Å²) in [5.41, 5.74) is 1.55. The lowest BCUT2D eigenvalue weighted by Gasteiger charge is -2.06. The minimum Gasteiger partial charge on any atom is -0.479 e. The van der Waals surface area contributed by atoms with Gasteiger partial charge in [0.15, 0.2) is 11.5 Å². The zero-order valence-corrected chi connectivity index (χ0v) is 10.5. The Balaban J connectivity index is 2.19. The molecule has 0 saturated carbocycles. The third-order valence-corrected chi connectivity index (χ3v) is 2.60. The van der Waals surface area contributed by atoms with Crippen molar-refractivity contribution >= 4 is 11.6 Å². The van der Waals surface area contributed by atoms with Crippen molar-refractivity contribution < 1.29 is 23.3 Å². The Hall–Kier alpha value is -2.94. The van der Waals surface area contributed by atoms with E-state index in [0.29, 0.717) is 0 Å². The van der Waals surface area contributed by atoms with E-state index in [2.05, 4.69) is 0 Å². The molecule has 1 amide bonds. The van der Waals surface area contributed by atoms with Crippen LogP contribution >= 0.6 is 0 Å². The molecule has 1 aromatic heterocycles. The molecule has 0 fully saturated rings. The lowest BCUT2D eigenvalue weighted by Crippen LogP contribution is -2.30. The number of benzene rings is 1. The topological polar surface area (TPSA) is 121 Å². The van der Waals surface area contributed by atoms with Gasteiger partial charge in [0.1, 0.15) is 12.4 Å². The summed E-state index contributed by atoms with van der Waals surface area (Å²) in [7, 11) is 0. The maximum absolute atomic E-state index is 13.0. The number of halogens is 1. The molecule has 3 N–H and O–H groups in total. The van der Waals surface area contributed by atoms with E-state index in [0.717, 1.165) is 18.2 Å². The Morgan fingerprint density at radius 1 is 1.48 bits per heavy atom. The molecular weight excluding hydrogens is 285 g/mol. The van der Waals surface area contributed by atoms with Gasteiger partial charge in [0.05, 0.1) is 22.8 Å². The molecule has 1 aromatic carbocycles. The monoisotopic (exact) mass is 295 g/mol. The SMILES string of the molecule is NNC(=O)c1ccoc1COc1ccc(F)cc1[N+](=O)[O-]. The fraction of sp³-hybridized carbons (Fsp3) is 0.0833. The van der Waals surface area contributed by atoms with Crippen molar-refractivity contribution in [3.8, 4) is 5.75 Å². The van der Waals surface area contributed by atoms with Gasteiger partial charge in [-0.3, -0.25) is 20.3 Å². The highest BCUT2D eigenvalue weighted by Gasteiger charge is 2.19. The van der Waals surface area contributed by atoms with Crippen molar-refractivity contribution in [3.05, 3.63) is 57.8 Å². The molecule has 2 aromatic rings. The Labute approximate surface area is 117 Å². The summed E-state index contributed by atoms with van der Waals surface area (Å²) in [5.74, 6) is 3.66. The van der Waals surface area contributed by atoms with Crippen LogP contribution in [0.5, 0.6) is 5.75 Å². The Morgan fingerprint density at radius 2 is 2.24 bits per heavy atom. The molecular formula is C12H10FN3O5. The quantitative estimate of drug-likeness (QED) is 0.373. The Kier molecular flexibility index (Phi) is 4.14. The molecule has 2 rings (SSSR count). The Bertz CT molecular complexity index is 685. The fourth-order valence-corrected chi connectivity index (χ4v) is 1.63. The van der Waals surface area contributed by atoms with E-state index < -0.39 is 22.3 Å². The Morgan fingerprint density at radius 3 is 2.90 bits per heavy atom. The molecule has 0 spiro atoms. The van der Waals surface area contributed by atoms with Crippen molar-refractivity contribution in [2.75, 3.05) is 0 Å². The van der Waals surface area contributed by atoms with Crippen LogP contribution in [0.1, 0.15) is 16.1 Å². The first-order valence-electron chi connectivity index (χ1n) is 5.67. The van der Waals surface area contributed by atoms with Crippen LogP contribution < -0.4 is 16.0 Å². The van der Waals surface area contributed by atoms with E-state index in [1.165, 1.54) is 12.3 Å². The highest BCUT2D eigenvalue weighted by atomic mass is 19.1. The van der Waals surface area contributed by atoms with E-state index in [1.807, 2.05) is 5.43 Å². The van der Waals surface area contributed by atoms with Crippen molar-refractivity contribution in [3.63, 3.8) is 0 Å².